The molecule has 0 unspecified atom stereocenters. The summed E-state index contributed by atoms with van der Waals surface area (Å²) in [6, 6.07) is 14.7. The van der Waals surface area contributed by atoms with E-state index in [1.54, 1.807) is 24.3 Å². The van der Waals surface area contributed by atoms with Crippen molar-refractivity contribution in [1.29, 1.82) is 0 Å². The molecule has 2 aromatic rings. The molecule has 0 saturated heterocycles. The number of hydrogen-bond donors (Lipinski definition) is 3. The molecule has 6 nitrogen and oxygen atoms in total. The number of urea groups is 1. The molecule has 0 radical (unpaired) electrons. The monoisotopic (exact) mass is 339 g/mol. The number of nitrogens with one attached hydrogen (secondary N) is 3. The normalized spacial score (nSPS) is 15.5. The van der Waals surface area contributed by atoms with Crippen molar-refractivity contribution in [1.82, 2.24) is 5.32 Å². The fourth-order valence-corrected chi connectivity index (χ4v) is 2.77. The maximum absolute atomic E-state index is 12.0. The highest BCUT2D eigenvalue weighted by Crippen LogP contribution is 2.26. The lowest BCUT2D eigenvalue weighted by Gasteiger charge is -2.25. The van der Waals surface area contributed by atoms with Gasteiger partial charge in [0, 0.05) is 30.8 Å². The highest BCUT2D eigenvalue weighted by atomic mass is 16.5. The molecule has 3 rings (SSSR count). The molecule has 0 aliphatic carbocycles. The van der Waals surface area contributed by atoms with Crippen molar-refractivity contribution in [3.63, 3.8) is 0 Å². The number of anilines is 2. The Morgan fingerprint density at radius 3 is 2.44 bits per heavy atom. The second kappa shape index (κ2) is 7.70. The summed E-state index contributed by atoms with van der Waals surface area (Å²) in [6.07, 6.45) is 0.891. The molecule has 3 amide bonds. The molecule has 0 fully saturated rings. The summed E-state index contributed by atoms with van der Waals surface area (Å²) < 4.78 is 5.73. The van der Waals surface area contributed by atoms with E-state index in [1.807, 2.05) is 18.2 Å². The maximum Gasteiger partial charge on any atom is 0.319 e. The molecule has 1 aliphatic rings. The molecule has 0 bridgehead atoms. The number of para-hydroxylation sites is 1. The Bertz CT molecular complexity index is 759. The van der Waals surface area contributed by atoms with Gasteiger partial charge in [0.1, 0.15) is 5.75 Å². The number of amides is 3. The minimum Gasteiger partial charge on any atom is -0.493 e. The SMILES string of the molecule is CC(=O)Nc1ccc(NC(=O)NC[C@@H]2COc3ccccc3C2)cc1. The highest BCUT2D eigenvalue weighted by Gasteiger charge is 2.19. The summed E-state index contributed by atoms with van der Waals surface area (Å²) in [6.45, 7) is 2.60. The minimum absolute atomic E-state index is 0.130. The van der Waals surface area contributed by atoms with Crippen molar-refractivity contribution >= 4 is 23.3 Å². The van der Waals surface area contributed by atoms with Gasteiger partial charge in [-0.05, 0) is 42.3 Å². The number of fused-ring (bicyclic) bond motifs is 1. The second-order valence-electron chi connectivity index (χ2n) is 6.08. The van der Waals surface area contributed by atoms with Gasteiger partial charge < -0.3 is 20.7 Å². The first-order valence-electron chi connectivity index (χ1n) is 8.23. The summed E-state index contributed by atoms with van der Waals surface area (Å²) >= 11 is 0. The summed E-state index contributed by atoms with van der Waals surface area (Å²) in [5.74, 6) is 1.06. The van der Waals surface area contributed by atoms with E-state index in [2.05, 4.69) is 22.0 Å². The number of rotatable bonds is 4. The van der Waals surface area contributed by atoms with Gasteiger partial charge in [0.2, 0.25) is 5.91 Å². The zero-order valence-electron chi connectivity index (χ0n) is 14.0. The molecule has 0 aromatic heterocycles. The summed E-state index contributed by atoms with van der Waals surface area (Å²) in [5.41, 5.74) is 2.53. The average molecular weight is 339 g/mol. The Morgan fingerprint density at radius 2 is 1.72 bits per heavy atom. The lowest BCUT2D eigenvalue weighted by Crippen LogP contribution is -2.37. The van der Waals surface area contributed by atoms with Crippen molar-refractivity contribution < 1.29 is 14.3 Å². The van der Waals surface area contributed by atoms with Gasteiger partial charge in [0.05, 0.1) is 6.61 Å². The quantitative estimate of drug-likeness (QED) is 0.801. The Labute approximate surface area is 146 Å². The van der Waals surface area contributed by atoms with E-state index in [-0.39, 0.29) is 17.9 Å². The summed E-state index contributed by atoms with van der Waals surface area (Å²) in [7, 11) is 0. The van der Waals surface area contributed by atoms with Crippen molar-refractivity contribution in [2.24, 2.45) is 5.92 Å². The first-order valence-corrected chi connectivity index (χ1v) is 8.23. The lowest BCUT2D eigenvalue weighted by molar-refractivity contribution is -0.114. The van der Waals surface area contributed by atoms with Gasteiger partial charge in [0.15, 0.2) is 0 Å². The van der Waals surface area contributed by atoms with Crippen LogP contribution >= 0.6 is 0 Å². The van der Waals surface area contributed by atoms with Gasteiger partial charge in [-0.2, -0.15) is 0 Å². The molecule has 25 heavy (non-hydrogen) atoms. The topological polar surface area (TPSA) is 79.5 Å². The van der Waals surface area contributed by atoms with Crippen LogP contribution in [0.4, 0.5) is 16.2 Å². The van der Waals surface area contributed by atoms with E-state index < -0.39 is 0 Å². The molecule has 2 aromatic carbocycles. The van der Waals surface area contributed by atoms with Crippen LogP contribution in [0.25, 0.3) is 0 Å². The molecular formula is C19H21N3O3. The fraction of sp³-hybridized carbons (Fsp3) is 0.263. The van der Waals surface area contributed by atoms with Gasteiger partial charge in [-0.15, -0.1) is 0 Å². The van der Waals surface area contributed by atoms with E-state index in [0.717, 1.165) is 12.2 Å². The largest absolute Gasteiger partial charge is 0.493 e. The number of carbonyl (C=O) groups is 2. The van der Waals surface area contributed by atoms with Gasteiger partial charge in [0.25, 0.3) is 0 Å². The number of benzene rings is 2. The van der Waals surface area contributed by atoms with Gasteiger partial charge >= 0.3 is 6.03 Å². The standard InChI is InChI=1S/C19H21N3O3/c1-13(23)21-16-6-8-17(9-7-16)22-19(24)20-11-14-10-15-4-2-3-5-18(15)25-12-14/h2-9,14H,10-12H2,1H3,(H,21,23)(H2,20,22,24)/t14-/m1/s1. The molecular weight excluding hydrogens is 318 g/mol. The first kappa shape index (κ1) is 16.8. The van der Waals surface area contributed by atoms with E-state index in [0.29, 0.717) is 24.5 Å². The van der Waals surface area contributed by atoms with Crippen LogP contribution in [-0.2, 0) is 11.2 Å². The predicted octanol–water partition coefficient (Wildman–Crippen LogP) is 3.02. The zero-order valence-corrected chi connectivity index (χ0v) is 14.0. The van der Waals surface area contributed by atoms with Crippen LogP contribution < -0.4 is 20.7 Å². The van der Waals surface area contributed by atoms with Crippen LogP contribution in [0.3, 0.4) is 0 Å². The molecule has 0 saturated carbocycles. The maximum atomic E-state index is 12.0. The lowest BCUT2D eigenvalue weighted by atomic mass is 9.97. The average Bonchev–Trinajstić information content (AvgIpc) is 2.61. The Balaban J connectivity index is 1.46. The third-order valence-corrected chi connectivity index (χ3v) is 3.97. The highest BCUT2D eigenvalue weighted by molar-refractivity contribution is 5.91. The molecule has 3 N–H and O–H groups in total. The van der Waals surface area contributed by atoms with Gasteiger partial charge in [-0.3, -0.25) is 4.79 Å². The zero-order chi connectivity index (χ0) is 17.6. The number of carbonyl (C=O) groups excluding carboxylic acids is 2. The molecule has 1 atom stereocenters. The van der Waals surface area contributed by atoms with Crippen molar-refractivity contribution in [3.8, 4) is 5.75 Å². The molecule has 0 spiro atoms. The van der Waals surface area contributed by atoms with Crippen LogP contribution in [0.15, 0.2) is 48.5 Å². The second-order valence-corrected chi connectivity index (χ2v) is 6.08. The third kappa shape index (κ3) is 4.73. The van der Waals surface area contributed by atoms with Crippen molar-refractivity contribution in [2.45, 2.75) is 13.3 Å². The Hall–Kier alpha value is -3.02. The summed E-state index contributed by atoms with van der Waals surface area (Å²) in [4.78, 5) is 23.0. The van der Waals surface area contributed by atoms with Crippen molar-refractivity contribution in [2.75, 3.05) is 23.8 Å². The summed E-state index contributed by atoms with van der Waals surface area (Å²) in [5, 5.41) is 8.34. The first-order chi connectivity index (χ1) is 12.1. The molecule has 1 aliphatic heterocycles. The molecule has 130 valence electrons. The fourth-order valence-electron chi connectivity index (χ4n) is 2.77. The van der Waals surface area contributed by atoms with Crippen molar-refractivity contribution in [3.05, 3.63) is 54.1 Å². The van der Waals surface area contributed by atoms with E-state index in [1.165, 1.54) is 12.5 Å². The molecule has 1 heterocycles. The van der Waals surface area contributed by atoms with E-state index in [9.17, 15) is 9.59 Å². The predicted molar refractivity (Wildman–Crippen MR) is 96.9 cm³/mol. The number of ether oxygens (including phenoxy) is 1. The third-order valence-electron chi connectivity index (χ3n) is 3.97. The van der Waals surface area contributed by atoms with E-state index >= 15 is 0 Å². The Morgan fingerprint density at radius 1 is 1.04 bits per heavy atom. The van der Waals surface area contributed by atoms with Gasteiger partial charge in [-0.25, -0.2) is 4.79 Å². The van der Waals surface area contributed by atoms with Crippen LogP contribution in [0.2, 0.25) is 0 Å². The Kier molecular flexibility index (Phi) is 5.18. The van der Waals surface area contributed by atoms with Crippen LogP contribution in [0.1, 0.15) is 12.5 Å². The number of hydrogen-bond acceptors (Lipinski definition) is 3. The molecule has 6 heteroatoms. The van der Waals surface area contributed by atoms with Crippen LogP contribution in [0, 0.1) is 5.92 Å². The van der Waals surface area contributed by atoms with Crippen LogP contribution in [0.5, 0.6) is 5.75 Å². The smallest absolute Gasteiger partial charge is 0.319 e. The van der Waals surface area contributed by atoms with Crippen LogP contribution in [-0.4, -0.2) is 25.1 Å². The van der Waals surface area contributed by atoms with E-state index in [4.69, 9.17) is 4.74 Å². The minimum atomic E-state index is -0.258. The van der Waals surface area contributed by atoms with Gasteiger partial charge in [-0.1, -0.05) is 18.2 Å².